The van der Waals surface area contributed by atoms with Crippen LogP contribution in [0.4, 0.5) is 0 Å². The van der Waals surface area contributed by atoms with E-state index in [1.807, 2.05) is 11.8 Å². The average Bonchev–Trinajstić information content (AvgIpc) is 2.71. The Hall–Kier alpha value is -0.900. The van der Waals surface area contributed by atoms with E-state index in [-0.39, 0.29) is 5.91 Å². The zero-order chi connectivity index (χ0) is 13.3. The van der Waals surface area contributed by atoms with Gasteiger partial charge in [-0.05, 0) is 33.1 Å². The predicted octanol–water partition coefficient (Wildman–Crippen LogP) is 3.59. The van der Waals surface area contributed by atoms with Crippen molar-refractivity contribution in [3.05, 3.63) is 15.6 Å². The van der Waals surface area contributed by atoms with Crippen molar-refractivity contribution in [2.75, 3.05) is 6.54 Å². The molecule has 0 spiro atoms. The Morgan fingerprint density at radius 2 is 2.17 bits per heavy atom. The Morgan fingerprint density at radius 3 is 2.72 bits per heavy atom. The first-order valence-electron chi connectivity index (χ1n) is 6.79. The van der Waals surface area contributed by atoms with Crippen molar-refractivity contribution in [2.45, 2.75) is 58.9 Å². The van der Waals surface area contributed by atoms with Gasteiger partial charge in [0.1, 0.15) is 4.88 Å². The molecule has 0 saturated carbocycles. The van der Waals surface area contributed by atoms with Gasteiger partial charge in [-0.25, -0.2) is 4.98 Å². The van der Waals surface area contributed by atoms with Crippen LogP contribution < -0.4 is 0 Å². The van der Waals surface area contributed by atoms with Crippen molar-refractivity contribution in [2.24, 2.45) is 0 Å². The molecule has 100 valence electrons. The van der Waals surface area contributed by atoms with E-state index in [1.165, 1.54) is 6.42 Å². The molecule has 2 heterocycles. The number of piperidine rings is 1. The van der Waals surface area contributed by atoms with E-state index in [1.54, 1.807) is 11.3 Å². The summed E-state index contributed by atoms with van der Waals surface area (Å²) in [6.07, 6.45) is 3.50. The normalized spacial score (nSPS) is 20.5. The topological polar surface area (TPSA) is 33.2 Å². The molecule has 0 aromatic carbocycles. The van der Waals surface area contributed by atoms with Crippen LogP contribution in [-0.2, 0) is 0 Å². The summed E-state index contributed by atoms with van der Waals surface area (Å²) in [4.78, 5) is 19.9. The summed E-state index contributed by atoms with van der Waals surface area (Å²) >= 11 is 1.57. The third-order valence-corrected chi connectivity index (χ3v) is 5.01. The van der Waals surface area contributed by atoms with Gasteiger partial charge in [0.15, 0.2) is 0 Å². The van der Waals surface area contributed by atoms with Gasteiger partial charge in [-0.15, -0.1) is 11.3 Å². The Labute approximate surface area is 113 Å². The number of thiazole rings is 1. The first-order valence-corrected chi connectivity index (χ1v) is 7.60. The van der Waals surface area contributed by atoms with Gasteiger partial charge in [-0.3, -0.25) is 4.79 Å². The van der Waals surface area contributed by atoms with Gasteiger partial charge in [-0.1, -0.05) is 13.8 Å². The maximum atomic E-state index is 12.6. The van der Waals surface area contributed by atoms with Gasteiger partial charge in [0.2, 0.25) is 0 Å². The number of rotatable bonds is 2. The fourth-order valence-corrected chi connectivity index (χ4v) is 3.42. The summed E-state index contributed by atoms with van der Waals surface area (Å²) in [5, 5.41) is 1.07. The highest BCUT2D eigenvalue weighted by molar-refractivity contribution is 7.13. The number of likely N-dealkylation sites (tertiary alicyclic amines) is 1. The molecule has 1 aromatic heterocycles. The molecule has 2 rings (SSSR count). The Balaban J connectivity index is 2.22. The predicted molar refractivity (Wildman–Crippen MR) is 75.3 cm³/mol. The van der Waals surface area contributed by atoms with Crippen molar-refractivity contribution in [1.82, 2.24) is 9.88 Å². The summed E-state index contributed by atoms with van der Waals surface area (Å²) in [7, 11) is 0. The number of aromatic nitrogens is 1. The SMILES string of the molecule is Cc1nc(C(C)C)sc1C(=O)N1CCCCC1C. The maximum absolute atomic E-state index is 12.6. The van der Waals surface area contributed by atoms with Crippen LogP contribution in [0.15, 0.2) is 0 Å². The highest BCUT2D eigenvalue weighted by Crippen LogP contribution is 2.27. The number of hydrogen-bond acceptors (Lipinski definition) is 3. The molecule has 1 aromatic rings. The van der Waals surface area contributed by atoms with E-state index < -0.39 is 0 Å². The third-order valence-electron chi connectivity index (χ3n) is 3.57. The van der Waals surface area contributed by atoms with Crippen LogP contribution in [0.5, 0.6) is 0 Å². The molecule has 3 nitrogen and oxygen atoms in total. The fourth-order valence-electron chi connectivity index (χ4n) is 2.39. The van der Waals surface area contributed by atoms with Gasteiger partial charge >= 0.3 is 0 Å². The molecule has 0 bridgehead atoms. The van der Waals surface area contributed by atoms with Crippen molar-refractivity contribution in [3.63, 3.8) is 0 Å². The van der Waals surface area contributed by atoms with Crippen LogP contribution in [0.25, 0.3) is 0 Å². The van der Waals surface area contributed by atoms with E-state index in [4.69, 9.17) is 0 Å². The standard InChI is InChI=1S/C14H22N2OS/c1-9(2)13-15-11(4)12(18-13)14(17)16-8-6-5-7-10(16)3/h9-10H,5-8H2,1-4H3. The van der Waals surface area contributed by atoms with Crippen LogP contribution in [0.2, 0.25) is 0 Å². The lowest BCUT2D eigenvalue weighted by atomic mass is 10.0. The van der Waals surface area contributed by atoms with Gasteiger partial charge in [0, 0.05) is 18.5 Å². The molecule has 1 aliphatic heterocycles. The smallest absolute Gasteiger partial charge is 0.266 e. The first-order chi connectivity index (χ1) is 8.50. The Morgan fingerprint density at radius 1 is 1.44 bits per heavy atom. The summed E-state index contributed by atoms with van der Waals surface area (Å²) in [6, 6.07) is 0.371. The molecule has 1 saturated heterocycles. The van der Waals surface area contributed by atoms with Gasteiger partial charge < -0.3 is 4.90 Å². The highest BCUT2D eigenvalue weighted by atomic mass is 32.1. The number of hydrogen-bond donors (Lipinski definition) is 0. The molecule has 4 heteroatoms. The minimum atomic E-state index is 0.184. The molecular formula is C14H22N2OS. The molecule has 0 aliphatic carbocycles. The minimum Gasteiger partial charge on any atom is -0.335 e. The Kier molecular flexibility index (Phi) is 4.05. The lowest BCUT2D eigenvalue weighted by molar-refractivity contribution is 0.0639. The molecule has 1 atom stereocenters. The van der Waals surface area contributed by atoms with Crippen LogP contribution in [0.1, 0.15) is 66.3 Å². The van der Waals surface area contributed by atoms with Crippen molar-refractivity contribution >= 4 is 17.2 Å². The van der Waals surface area contributed by atoms with Crippen molar-refractivity contribution < 1.29 is 4.79 Å². The van der Waals surface area contributed by atoms with Gasteiger partial charge in [0.05, 0.1) is 10.7 Å². The monoisotopic (exact) mass is 266 g/mol. The van der Waals surface area contributed by atoms with E-state index in [2.05, 4.69) is 25.8 Å². The van der Waals surface area contributed by atoms with Crippen LogP contribution in [-0.4, -0.2) is 28.4 Å². The largest absolute Gasteiger partial charge is 0.335 e. The van der Waals surface area contributed by atoms with Gasteiger partial charge in [-0.2, -0.15) is 0 Å². The Bertz CT molecular complexity index is 439. The second-order valence-corrected chi connectivity index (χ2v) is 6.50. The highest BCUT2D eigenvalue weighted by Gasteiger charge is 2.27. The number of carbonyl (C=O) groups excluding carboxylic acids is 1. The second-order valence-electron chi connectivity index (χ2n) is 5.46. The van der Waals surface area contributed by atoms with Crippen molar-refractivity contribution in [1.29, 1.82) is 0 Å². The molecule has 0 radical (unpaired) electrons. The second kappa shape index (κ2) is 5.39. The molecule has 1 aliphatic rings. The average molecular weight is 266 g/mol. The summed E-state index contributed by atoms with van der Waals surface area (Å²) < 4.78 is 0. The van der Waals surface area contributed by atoms with Crippen LogP contribution in [0.3, 0.4) is 0 Å². The summed E-state index contributed by atoms with van der Waals surface area (Å²) in [5.74, 6) is 0.582. The van der Waals surface area contributed by atoms with E-state index in [9.17, 15) is 4.79 Å². The zero-order valence-electron chi connectivity index (χ0n) is 11.7. The zero-order valence-corrected chi connectivity index (χ0v) is 12.5. The molecule has 1 fully saturated rings. The molecule has 0 N–H and O–H groups in total. The van der Waals surface area contributed by atoms with E-state index in [0.29, 0.717) is 12.0 Å². The van der Waals surface area contributed by atoms with E-state index in [0.717, 1.165) is 35.0 Å². The van der Waals surface area contributed by atoms with Crippen LogP contribution in [0, 0.1) is 6.92 Å². The summed E-state index contributed by atoms with van der Waals surface area (Å²) in [5.41, 5.74) is 0.895. The first kappa shape index (κ1) is 13.5. The number of carbonyl (C=O) groups is 1. The number of aryl methyl sites for hydroxylation is 1. The fraction of sp³-hybridized carbons (Fsp3) is 0.714. The molecular weight excluding hydrogens is 244 g/mol. The van der Waals surface area contributed by atoms with Gasteiger partial charge in [0.25, 0.3) is 5.91 Å². The number of nitrogens with zero attached hydrogens (tertiary/aromatic N) is 2. The minimum absolute atomic E-state index is 0.184. The maximum Gasteiger partial charge on any atom is 0.266 e. The van der Waals surface area contributed by atoms with E-state index >= 15 is 0 Å². The molecule has 18 heavy (non-hydrogen) atoms. The van der Waals surface area contributed by atoms with Crippen LogP contribution >= 0.6 is 11.3 Å². The summed E-state index contributed by atoms with van der Waals surface area (Å²) in [6.45, 7) is 9.24. The molecule has 1 unspecified atom stereocenters. The number of amides is 1. The third kappa shape index (κ3) is 2.58. The quantitative estimate of drug-likeness (QED) is 0.819. The van der Waals surface area contributed by atoms with Crippen molar-refractivity contribution in [3.8, 4) is 0 Å². The lowest BCUT2D eigenvalue weighted by Gasteiger charge is -2.33. The molecule has 1 amide bonds. The lowest BCUT2D eigenvalue weighted by Crippen LogP contribution is -2.41.